The molecule has 2 aromatic carbocycles. The molecule has 1 aliphatic rings. The molecule has 4 unspecified atom stereocenters. The van der Waals surface area contributed by atoms with E-state index in [1.807, 2.05) is 88.6 Å². The highest BCUT2D eigenvalue weighted by Gasteiger charge is 2.37. The Morgan fingerprint density at radius 1 is 1.15 bits per heavy atom. The van der Waals surface area contributed by atoms with Gasteiger partial charge in [0.15, 0.2) is 11.2 Å². The maximum absolute atomic E-state index is 12.8. The van der Waals surface area contributed by atoms with Gasteiger partial charge in [-0.2, -0.15) is 9.97 Å². The molecule has 0 amide bonds. The van der Waals surface area contributed by atoms with E-state index in [-0.39, 0.29) is 42.2 Å². The minimum absolute atomic E-state index is 0.0958. The Hall–Kier alpha value is -3.57. The first kappa shape index (κ1) is 35.3. The number of aryl methyl sites for hydroxylation is 1. The molecule has 0 radical (unpaired) electrons. The second-order valence-corrected chi connectivity index (χ2v) is 13.5. The number of anilines is 1. The van der Waals surface area contributed by atoms with Crippen LogP contribution < -0.4 is 20.1 Å². The van der Waals surface area contributed by atoms with Gasteiger partial charge in [-0.25, -0.2) is 10.1 Å². The Balaban J connectivity index is 0.00000235. The lowest BCUT2D eigenvalue weighted by Crippen LogP contribution is -2.35. The highest BCUT2D eigenvalue weighted by atomic mass is 31.2. The monoisotopic (exact) mass is 654 g/mol. The summed E-state index contributed by atoms with van der Waals surface area (Å²) in [6.07, 6.45) is 0.123. The second kappa shape index (κ2) is 15.3. The number of nitrogens with one attached hydrogen (secondary N) is 1. The lowest BCUT2D eigenvalue weighted by Gasteiger charge is -2.25. The topological polar surface area (TPSA) is 145 Å². The number of hydrogen-bond donors (Lipinski definition) is 2. The van der Waals surface area contributed by atoms with Crippen LogP contribution in [-0.4, -0.2) is 58.0 Å². The van der Waals surface area contributed by atoms with E-state index in [4.69, 9.17) is 29.0 Å². The predicted octanol–water partition coefficient (Wildman–Crippen LogP) is 6.72. The number of carbonyl (C=O) groups is 1. The Bertz CT molecular complexity index is 1620. The van der Waals surface area contributed by atoms with E-state index in [2.05, 4.69) is 27.0 Å². The molecular formula is C33H47N6O6P. The number of imidazole rings is 1. The Labute approximate surface area is 272 Å². The molecule has 46 heavy (non-hydrogen) atoms. The lowest BCUT2D eigenvalue weighted by molar-refractivity contribution is -0.148. The molecule has 12 nitrogen and oxygen atoms in total. The average Bonchev–Trinajstić information content (AvgIpc) is 3.56. The molecule has 3 N–H and O–H groups in total. The molecule has 2 aromatic heterocycles. The summed E-state index contributed by atoms with van der Waals surface area (Å²) in [6.45, 7) is 16.3. The molecule has 1 fully saturated rings. The van der Waals surface area contributed by atoms with Crippen molar-refractivity contribution in [2.24, 2.45) is 11.3 Å². The molecule has 0 aliphatic carbocycles. The summed E-state index contributed by atoms with van der Waals surface area (Å²) in [6, 6.07) is 13.1. The summed E-state index contributed by atoms with van der Waals surface area (Å²) in [5, 5.41) is 5.21. The van der Waals surface area contributed by atoms with Crippen LogP contribution in [0.5, 0.6) is 11.6 Å². The fourth-order valence-corrected chi connectivity index (χ4v) is 6.33. The van der Waals surface area contributed by atoms with Gasteiger partial charge >= 0.3 is 14.5 Å². The van der Waals surface area contributed by atoms with Crippen molar-refractivity contribution in [3.63, 3.8) is 0 Å². The summed E-state index contributed by atoms with van der Waals surface area (Å²) >= 11 is 0. The zero-order valence-electron chi connectivity index (χ0n) is 28.2. The van der Waals surface area contributed by atoms with Crippen molar-refractivity contribution in [2.45, 2.75) is 80.2 Å². The maximum atomic E-state index is 12.8. The molecule has 5 rings (SSSR count). The van der Waals surface area contributed by atoms with Crippen LogP contribution in [0.1, 0.15) is 66.9 Å². The highest BCUT2D eigenvalue weighted by Crippen LogP contribution is 2.42. The number of nitrogens with two attached hydrogens (primary N) is 1. The third-order valence-electron chi connectivity index (χ3n) is 7.21. The van der Waals surface area contributed by atoms with Crippen LogP contribution in [0.4, 0.5) is 5.95 Å². The van der Waals surface area contributed by atoms with Crippen molar-refractivity contribution in [3.8, 4) is 11.6 Å². The van der Waals surface area contributed by atoms with Crippen LogP contribution in [0, 0.1) is 18.3 Å². The number of nitrogen functional groups attached to an aromatic ring is 1. The number of aromatic nitrogens is 4. The van der Waals surface area contributed by atoms with Crippen LogP contribution in [-0.2, 0) is 18.8 Å². The first-order chi connectivity index (χ1) is 21.9. The number of fused-ring (bicyclic) bond motifs is 2. The minimum atomic E-state index is -1.76. The van der Waals surface area contributed by atoms with Crippen molar-refractivity contribution < 1.29 is 28.1 Å². The van der Waals surface area contributed by atoms with Crippen LogP contribution in [0.2, 0.25) is 0 Å². The molecule has 1 aliphatic heterocycles. The number of rotatable bonds is 11. The summed E-state index contributed by atoms with van der Waals surface area (Å²) < 4.78 is 32.1. The standard InChI is InChI=1S/C31H41N6O6P.C2H6/c1-18-15-22(42-28(18)37-20(3)33-25-26(37)34-30(32)35-27(25)39-7)16-41-44(36-19(2)29(38)40-17-31(4,5)6)43-24-14-10-12-21-11-8-9-13-23(21)24;1-2/h8-14,18-19,22,28,36H,15-17H2,1-7H3,(H2,32,34,35);1-2H3/t18-,19?,22?,28?,44?;/m0./s1. The van der Waals surface area contributed by atoms with Gasteiger partial charge in [-0.05, 0) is 37.1 Å². The third kappa shape index (κ3) is 8.41. The molecule has 0 saturated carbocycles. The fraction of sp³-hybridized carbons (Fsp3) is 0.515. The lowest BCUT2D eigenvalue weighted by atomic mass is 9.99. The van der Waals surface area contributed by atoms with E-state index < -0.39 is 14.6 Å². The Kier molecular flexibility index (Phi) is 11.8. The summed E-state index contributed by atoms with van der Waals surface area (Å²) in [5.74, 6) is 1.52. The molecule has 0 spiro atoms. The van der Waals surface area contributed by atoms with Crippen molar-refractivity contribution in [3.05, 3.63) is 48.3 Å². The summed E-state index contributed by atoms with van der Waals surface area (Å²) in [5.41, 5.74) is 6.89. The Morgan fingerprint density at radius 3 is 2.59 bits per heavy atom. The van der Waals surface area contributed by atoms with Gasteiger partial charge in [0, 0.05) is 11.3 Å². The van der Waals surface area contributed by atoms with Crippen molar-refractivity contribution in [1.82, 2.24) is 24.6 Å². The highest BCUT2D eigenvalue weighted by molar-refractivity contribution is 7.45. The molecule has 13 heteroatoms. The van der Waals surface area contributed by atoms with E-state index in [0.717, 1.165) is 17.2 Å². The zero-order valence-corrected chi connectivity index (χ0v) is 29.1. The van der Waals surface area contributed by atoms with E-state index in [1.165, 1.54) is 7.11 Å². The van der Waals surface area contributed by atoms with Gasteiger partial charge < -0.3 is 29.0 Å². The summed E-state index contributed by atoms with van der Waals surface area (Å²) in [4.78, 5) is 26.1. The minimum Gasteiger partial charge on any atom is -0.479 e. The van der Waals surface area contributed by atoms with E-state index >= 15 is 0 Å². The first-order valence-electron chi connectivity index (χ1n) is 15.7. The molecule has 0 bridgehead atoms. The summed E-state index contributed by atoms with van der Waals surface area (Å²) in [7, 11) is -0.236. The molecule has 4 aromatic rings. The van der Waals surface area contributed by atoms with Gasteiger partial charge in [0.2, 0.25) is 11.8 Å². The van der Waals surface area contributed by atoms with Gasteiger partial charge in [-0.15, -0.1) is 0 Å². The van der Waals surface area contributed by atoms with Gasteiger partial charge in [-0.3, -0.25) is 9.36 Å². The van der Waals surface area contributed by atoms with E-state index in [0.29, 0.717) is 35.2 Å². The first-order valence-corrected chi connectivity index (χ1v) is 16.8. The number of hydrogen-bond acceptors (Lipinski definition) is 11. The number of ether oxygens (including phenoxy) is 3. The second-order valence-electron chi connectivity index (χ2n) is 12.3. The molecule has 250 valence electrons. The van der Waals surface area contributed by atoms with Gasteiger partial charge in [-0.1, -0.05) is 77.9 Å². The molecule has 1 saturated heterocycles. The van der Waals surface area contributed by atoms with Crippen molar-refractivity contribution in [2.75, 3.05) is 26.1 Å². The number of esters is 1. The third-order valence-corrected chi connectivity index (χ3v) is 8.56. The van der Waals surface area contributed by atoms with E-state index in [1.54, 1.807) is 6.92 Å². The Morgan fingerprint density at radius 2 is 1.87 bits per heavy atom. The maximum Gasteiger partial charge on any atom is 0.323 e. The molecule has 5 atom stereocenters. The normalized spacial score (nSPS) is 19.4. The number of methoxy groups -OCH3 is 1. The number of benzene rings is 2. The number of nitrogens with zero attached hydrogens (tertiary/aromatic N) is 4. The number of carbonyl (C=O) groups excluding carboxylic acids is 1. The zero-order chi connectivity index (χ0) is 33.6. The van der Waals surface area contributed by atoms with Crippen LogP contribution in [0.15, 0.2) is 42.5 Å². The van der Waals surface area contributed by atoms with Gasteiger partial charge in [0.25, 0.3) is 0 Å². The predicted molar refractivity (Wildman–Crippen MR) is 181 cm³/mol. The van der Waals surface area contributed by atoms with Crippen LogP contribution in [0.3, 0.4) is 0 Å². The molecular weight excluding hydrogens is 607 g/mol. The van der Waals surface area contributed by atoms with Crippen molar-refractivity contribution in [1.29, 1.82) is 0 Å². The fourth-order valence-electron chi connectivity index (χ4n) is 5.09. The smallest absolute Gasteiger partial charge is 0.323 e. The molecule has 3 heterocycles. The van der Waals surface area contributed by atoms with Crippen LogP contribution in [0.25, 0.3) is 21.9 Å². The van der Waals surface area contributed by atoms with Gasteiger partial charge in [0.1, 0.15) is 23.8 Å². The largest absolute Gasteiger partial charge is 0.479 e. The SMILES string of the molecule is CC.COc1nc(N)nc2c1nc(C)n2C1OC(COP(NC(C)C(=O)OCC(C)(C)C)Oc2cccc3ccccc23)C[C@@H]1C. The quantitative estimate of drug-likeness (QED) is 0.131. The van der Waals surface area contributed by atoms with Gasteiger partial charge in [0.05, 0.1) is 26.4 Å². The van der Waals surface area contributed by atoms with Crippen molar-refractivity contribution >= 4 is 42.4 Å². The average molecular weight is 655 g/mol. The van der Waals surface area contributed by atoms with E-state index in [9.17, 15) is 4.79 Å². The van der Waals surface area contributed by atoms with Crippen LogP contribution >= 0.6 is 8.53 Å².